The van der Waals surface area contributed by atoms with Crippen molar-refractivity contribution >= 4 is 31.7 Å². The van der Waals surface area contributed by atoms with Crippen molar-refractivity contribution in [3.8, 4) is 0 Å². The molecule has 3 rings (SSSR count). The van der Waals surface area contributed by atoms with E-state index < -0.39 is 39.2 Å². The molecule has 1 aromatic rings. The normalized spacial score (nSPS) is 25.8. The van der Waals surface area contributed by atoms with Gasteiger partial charge in [-0.3, -0.25) is 9.59 Å². The van der Waals surface area contributed by atoms with Gasteiger partial charge >= 0.3 is 0 Å². The van der Waals surface area contributed by atoms with E-state index in [9.17, 15) is 22.4 Å². The fourth-order valence-electron chi connectivity index (χ4n) is 3.87. The highest BCUT2D eigenvalue weighted by atomic mass is 35.7. The monoisotopic (exact) mass is 445 g/mol. The molecule has 0 radical (unpaired) electrons. The van der Waals surface area contributed by atoms with Gasteiger partial charge in [-0.15, -0.1) is 0 Å². The molecular weight excluding hydrogens is 421 g/mol. The van der Waals surface area contributed by atoms with Crippen molar-refractivity contribution in [2.24, 2.45) is 5.92 Å². The zero-order valence-electron chi connectivity index (χ0n) is 16.2. The summed E-state index contributed by atoms with van der Waals surface area (Å²) in [4.78, 5) is 26.9. The Balaban J connectivity index is 1.65. The van der Waals surface area contributed by atoms with Gasteiger partial charge in [0.2, 0.25) is 11.8 Å². The van der Waals surface area contributed by atoms with Crippen LogP contribution < -0.4 is 5.32 Å². The summed E-state index contributed by atoms with van der Waals surface area (Å²) >= 11 is 0. The summed E-state index contributed by atoms with van der Waals surface area (Å²) < 4.78 is 38.3. The molecule has 0 bridgehead atoms. The van der Waals surface area contributed by atoms with Crippen molar-refractivity contribution in [1.29, 1.82) is 0 Å². The number of hydrogen-bond acceptors (Lipinski definition) is 4. The number of likely N-dealkylation sites (tertiary alicyclic amines) is 1. The second-order valence-corrected chi connectivity index (χ2v) is 10.2. The minimum absolute atomic E-state index is 0.0458. The topological polar surface area (TPSA) is 86.8 Å². The number of benzene rings is 1. The molecule has 0 saturated carbocycles. The Morgan fingerprint density at radius 2 is 1.93 bits per heavy atom. The Morgan fingerprint density at radius 1 is 1.24 bits per heavy atom. The molecule has 0 aliphatic carbocycles. The summed E-state index contributed by atoms with van der Waals surface area (Å²) in [5.41, 5.74) is 2.01. The van der Waals surface area contributed by atoms with E-state index in [1.54, 1.807) is 0 Å². The van der Waals surface area contributed by atoms with Crippen LogP contribution in [0.3, 0.4) is 0 Å². The van der Waals surface area contributed by atoms with Crippen molar-refractivity contribution in [3.05, 3.63) is 35.4 Å². The average Bonchev–Trinajstić information content (AvgIpc) is 3.08. The number of aryl methyl sites for hydroxylation is 1. The lowest BCUT2D eigenvalue weighted by molar-refractivity contribution is -0.142. The summed E-state index contributed by atoms with van der Waals surface area (Å²) in [6, 6.07) is 6.77. The summed E-state index contributed by atoms with van der Waals surface area (Å²) in [7, 11) is 1.48. The fraction of sp³-hybridized carbons (Fsp3) is 0.579. The molecule has 1 N–H and O–H groups in total. The first-order valence-corrected chi connectivity index (χ1v) is 11.9. The molecular formula is C19H25ClFN3O4S. The number of nitrogens with zero attached hydrogens (tertiary/aromatic N) is 2. The molecule has 29 heavy (non-hydrogen) atoms. The number of halogens is 2. The SMILES string of the molecule is Cc1ccc(CNC(=O)[C@H]2C[C@H](F)CN2C(=O)[C@H]2CCCN(S(=O)(=O)Cl)C2)cc1. The smallest absolute Gasteiger partial charge is 0.299 e. The van der Waals surface area contributed by atoms with Crippen molar-refractivity contribution in [1.82, 2.24) is 14.5 Å². The Kier molecular flexibility index (Phi) is 6.80. The highest BCUT2D eigenvalue weighted by Crippen LogP contribution is 2.28. The minimum atomic E-state index is -3.92. The molecule has 7 nitrogen and oxygen atoms in total. The van der Waals surface area contributed by atoms with Crippen molar-refractivity contribution < 1.29 is 22.4 Å². The number of alkyl halides is 1. The molecule has 0 unspecified atom stereocenters. The zero-order chi connectivity index (χ0) is 21.2. The molecule has 2 heterocycles. The lowest BCUT2D eigenvalue weighted by Crippen LogP contribution is -2.51. The van der Waals surface area contributed by atoms with E-state index in [2.05, 4.69) is 5.32 Å². The maximum Gasteiger partial charge on any atom is 0.299 e. The summed E-state index contributed by atoms with van der Waals surface area (Å²) in [6.45, 7) is 2.30. The summed E-state index contributed by atoms with van der Waals surface area (Å²) in [5, 5.41) is 2.77. The molecule has 10 heteroatoms. The van der Waals surface area contributed by atoms with Crippen LogP contribution in [-0.4, -0.2) is 61.3 Å². The van der Waals surface area contributed by atoms with E-state index in [1.165, 1.54) is 4.90 Å². The van der Waals surface area contributed by atoms with Gasteiger partial charge in [-0.25, -0.2) is 4.39 Å². The number of amides is 2. The molecule has 2 aliphatic rings. The second kappa shape index (κ2) is 8.97. The molecule has 160 valence electrons. The highest BCUT2D eigenvalue weighted by molar-refractivity contribution is 8.11. The first-order chi connectivity index (χ1) is 13.6. The quantitative estimate of drug-likeness (QED) is 0.699. The van der Waals surface area contributed by atoms with Gasteiger partial charge in [0.1, 0.15) is 12.2 Å². The third kappa shape index (κ3) is 5.46. The molecule has 2 saturated heterocycles. The van der Waals surface area contributed by atoms with Crippen LogP contribution in [0.1, 0.15) is 30.4 Å². The predicted octanol–water partition coefficient (Wildman–Crippen LogP) is 1.75. The van der Waals surface area contributed by atoms with Crippen LogP contribution in [-0.2, 0) is 25.4 Å². The van der Waals surface area contributed by atoms with Crippen molar-refractivity contribution in [2.75, 3.05) is 19.6 Å². The van der Waals surface area contributed by atoms with Gasteiger partial charge in [-0.05, 0) is 25.3 Å². The third-order valence-electron chi connectivity index (χ3n) is 5.46. The van der Waals surface area contributed by atoms with Crippen LogP contribution in [0.15, 0.2) is 24.3 Å². The Hall–Kier alpha value is -1.71. The van der Waals surface area contributed by atoms with Gasteiger partial charge in [0, 0.05) is 36.7 Å². The largest absolute Gasteiger partial charge is 0.350 e. The Labute approximate surface area is 174 Å². The van der Waals surface area contributed by atoms with Crippen LogP contribution in [0.5, 0.6) is 0 Å². The van der Waals surface area contributed by atoms with Crippen LogP contribution in [0.4, 0.5) is 4.39 Å². The van der Waals surface area contributed by atoms with E-state index >= 15 is 0 Å². The van der Waals surface area contributed by atoms with Gasteiger partial charge in [-0.1, -0.05) is 29.8 Å². The maximum atomic E-state index is 14.1. The first kappa shape index (κ1) is 22.0. The van der Waals surface area contributed by atoms with E-state index in [0.29, 0.717) is 12.8 Å². The van der Waals surface area contributed by atoms with Gasteiger partial charge in [0.15, 0.2) is 0 Å². The van der Waals surface area contributed by atoms with E-state index in [1.807, 2.05) is 31.2 Å². The zero-order valence-corrected chi connectivity index (χ0v) is 17.8. The minimum Gasteiger partial charge on any atom is -0.350 e. The lowest BCUT2D eigenvalue weighted by Gasteiger charge is -2.33. The molecule has 0 spiro atoms. The number of nitrogens with one attached hydrogen (secondary N) is 1. The number of carbonyl (C=O) groups excluding carboxylic acids is 2. The molecule has 0 aromatic heterocycles. The number of hydrogen-bond donors (Lipinski definition) is 1. The Morgan fingerprint density at radius 3 is 2.59 bits per heavy atom. The predicted molar refractivity (Wildman–Crippen MR) is 107 cm³/mol. The van der Waals surface area contributed by atoms with Gasteiger partial charge < -0.3 is 10.2 Å². The number of piperidine rings is 1. The lowest BCUT2D eigenvalue weighted by atomic mass is 9.97. The first-order valence-electron chi connectivity index (χ1n) is 9.62. The van der Waals surface area contributed by atoms with Crippen LogP contribution >= 0.6 is 10.7 Å². The summed E-state index contributed by atoms with van der Waals surface area (Å²) in [6.07, 6.45) is -0.382. The molecule has 2 aliphatic heterocycles. The van der Waals surface area contributed by atoms with E-state index in [0.717, 1.165) is 15.4 Å². The maximum absolute atomic E-state index is 14.1. The highest BCUT2D eigenvalue weighted by Gasteiger charge is 2.43. The van der Waals surface area contributed by atoms with Crippen molar-refractivity contribution in [3.63, 3.8) is 0 Å². The van der Waals surface area contributed by atoms with Crippen molar-refractivity contribution in [2.45, 2.75) is 44.9 Å². The van der Waals surface area contributed by atoms with Crippen LogP contribution in [0.25, 0.3) is 0 Å². The number of rotatable bonds is 5. The molecule has 2 amide bonds. The van der Waals surface area contributed by atoms with E-state index in [4.69, 9.17) is 10.7 Å². The van der Waals surface area contributed by atoms with Crippen LogP contribution in [0, 0.1) is 12.8 Å². The standard InChI is InChI=1S/C19H25ClFN3O4S/c1-13-4-6-14(7-5-13)10-22-18(25)17-9-16(21)12-24(17)19(26)15-3-2-8-23(11-15)29(20,27)28/h4-7,15-17H,2-3,8-12H2,1H3,(H,22,25)/t15-,16-,17+/m0/s1. The fourth-order valence-corrected chi connectivity index (χ4v) is 4.95. The second-order valence-electron chi connectivity index (χ2n) is 7.68. The van der Waals surface area contributed by atoms with Gasteiger partial charge in [0.05, 0.1) is 12.5 Å². The van der Waals surface area contributed by atoms with Gasteiger partial charge in [-0.2, -0.15) is 12.7 Å². The number of carbonyl (C=O) groups is 2. The molecule has 1 aromatic carbocycles. The van der Waals surface area contributed by atoms with E-state index in [-0.39, 0.29) is 32.6 Å². The third-order valence-corrected chi connectivity index (χ3v) is 7.00. The van der Waals surface area contributed by atoms with Gasteiger partial charge in [0.25, 0.3) is 9.24 Å². The molecule has 3 atom stereocenters. The summed E-state index contributed by atoms with van der Waals surface area (Å²) in [5.74, 6) is -1.43. The molecule has 2 fully saturated rings. The Bertz CT molecular complexity index is 865. The van der Waals surface area contributed by atoms with Crippen LogP contribution in [0.2, 0.25) is 0 Å². The average molecular weight is 446 g/mol.